The van der Waals surface area contributed by atoms with Crippen LogP contribution in [0, 0.1) is 6.92 Å². The fourth-order valence-corrected chi connectivity index (χ4v) is 2.97. The quantitative estimate of drug-likeness (QED) is 0.607. The number of nitrogens with one attached hydrogen (secondary N) is 1. The smallest absolute Gasteiger partial charge is 0.325 e. The third-order valence-corrected chi connectivity index (χ3v) is 4.45. The molecule has 1 atom stereocenters. The normalized spacial score (nSPS) is 20.7. The van der Waals surface area contributed by atoms with E-state index in [4.69, 9.17) is 14.2 Å². The van der Waals surface area contributed by atoms with Gasteiger partial charge in [-0.25, -0.2) is 4.79 Å². The lowest BCUT2D eigenvalue weighted by Gasteiger charge is -2.27. The molecular weight excluding hydrogens is 312 g/mol. The van der Waals surface area contributed by atoms with Crippen molar-refractivity contribution in [3.8, 4) is 5.75 Å². The number of nitrogens with zero attached hydrogens (tertiary/aromatic N) is 1. The zero-order valence-corrected chi connectivity index (χ0v) is 14.7. The van der Waals surface area contributed by atoms with Gasteiger partial charge in [0, 0.05) is 14.2 Å². The van der Waals surface area contributed by atoms with Crippen LogP contribution in [0.1, 0.15) is 24.5 Å². The van der Waals surface area contributed by atoms with Gasteiger partial charge in [-0.1, -0.05) is 13.0 Å². The molecule has 0 aromatic heterocycles. The van der Waals surface area contributed by atoms with E-state index in [-0.39, 0.29) is 12.5 Å². The van der Waals surface area contributed by atoms with Gasteiger partial charge in [-0.2, -0.15) is 0 Å². The molecule has 1 unspecified atom stereocenters. The van der Waals surface area contributed by atoms with Crippen LogP contribution in [-0.4, -0.2) is 51.0 Å². The number of carbonyl (C=O) groups excluding carboxylic acids is 2. The molecule has 0 saturated carbocycles. The van der Waals surface area contributed by atoms with Gasteiger partial charge in [0.15, 0.2) is 6.29 Å². The van der Waals surface area contributed by atoms with Crippen molar-refractivity contribution in [1.82, 2.24) is 10.2 Å². The number of rotatable bonds is 7. The van der Waals surface area contributed by atoms with Crippen molar-refractivity contribution in [2.45, 2.75) is 32.1 Å². The molecular formula is C17H24N2O5. The third-order valence-electron chi connectivity index (χ3n) is 4.45. The number of hydrogen-bond acceptors (Lipinski definition) is 5. The lowest BCUT2D eigenvalue weighted by Crippen LogP contribution is -2.44. The molecule has 7 heteroatoms. The zero-order valence-electron chi connectivity index (χ0n) is 14.7. The number of hydrogen-bond donors (Lipinski definition) is 1. The molecule has 1 heterocycles. The van der Waals surface area contributed by atoms with Crippen LogP contribution in [0.4, 0.5) is 4.79 Å². The van der Waals surface area contributed by atoms with Gasteiger partial charge in [0.2, 0.25) is 0 Å². The van der Waals surface area contributed by atoms with E-state index in [9.17, 15) is 9.59 Å². The zero-order chi connectivity index (χ0) is 17.9. The van der Waals surface area contributed by atoms with E-state index in [1.165, 1.54) is 14.2 Å². The molecule has 1 aliphatic heterocycles. The van der Waals surface area contributed by atoms with Crippen molar-refractivity contribution in [1.29, 1.82) is 0 Å². The maximum absolute atomic E-state index is 13.0. The van der Waals surface area contributed by atoms with Crippen molar-refractivity contribution in [3.05, 3.63) is 29.3 Å². The van der Waals surface area contributed by atoms with Crippen molar-refractivity contribution in [2.24, 2.45) is 0 Å². The molecule has 1 aromatic rings. The first-order valence-corrected chi connectivity index (χ1v) is 7.78. The van der Waals surface area contributed by atoms with Gasteiger partial charge in [-0.15, -0.1) is 0 Å². The molecule has 1 fully saturated rings. The number of urea groups is 1. The molecule has 24 heavy (non-hydrogen) atoms. The van der Waals surface area contributed by atoms with Gasteiger partial charge < -0.3 is 19.5 Å². The van der Waals surface area contributed by atoms with E-state index in [0.29, 0.717) is 6.42 Å². The predicted octanol–water partition coefficient (Wildman–Crippen LogP) is 1.78. The minimum absolute atomic E-state index is 0.0363. The molecule has 0 aliphatic carbocycles. The number of ether oxygens (including phenoxy) is 3. The summed E-state index contributed by atoms with van der Waals surface area (Å²) in [5.74, 6) is 0.427. The van der Waals surface area contributed by atoms with Crippen LogP contribution in [0.5, 0.6) is 5.75 Å². The fourth-order valence-electron chi connectivity index (χ4n) is 2.97. The van der Waals surface area contributed by atoms with Crippen molar-refractivity contribution in [2.75, 3.05) is 27.9 Å². The van der Waals surface area contributed by atoms with Crippen LogP contribution in [-0.2, 0) is 19.8 Å². The first kappa shape index (κ1) is 18.2. The second-order valence-electron chi connectivity index (χ2n) is 5.69. The van der Waals surface area contributed by atoms with E-state index < -0.39 is 17.9 Å². The molecule has 132 valence electrons. The Bertz CT molecular complexity index is 629. The van der Waals surface area contributed by atoms with Crippen LogP contribution >= 0.6 is 0 Å². The highest BCUT2D eigenvalue weighted by molar-refractivity contribution is 6.07. The Balaban J connectivity index is 2.38. The van der Waals surface area contributed by atoms with Crippen molar-refractivity contribution >= 4 is 11.9 Å². The Kier molecular flexibility index (Phi) is 5.46. The molecule has 2 rings (SSSR count). The van der Waals surface area contributed by atoms with E-state index >= 15 is 0 Å². The maximum Gasteiger partial charge on any atom is 0.325 e. The molecule has 0 spiro atoms. The molecule has 0 bridgehead atoms. The molecule has 1 N–H and O–H groups in total. The first-order valence-electron chi connectivity index (χ1n) is 7.78. The molecule has 0 radical (unpaired) electrons. The maximum atomic E-state index is 13.0. The first-order chi connectivity index (χ1) is 11.4. The van der Waals surface area contributed by atoms with Crippen LogP contribution in [0.3, 0.4) is 0 Å². The minimum atomic E-state index is -1.08. The van der Waals surface area contributed by atoms with E-state index in [1.807, 2.05) is 19.9 Å². The van der Waals surface area contributed by atoms with Gasteiger partial charge in [0.25, 0.3) is 5.91 Å². The fraction of sp³-hybridized carbons (Fsp3) is 0.529. The average molecular weight is 336 g/mol. The summed E-state index contributed by atoms with van der Waals surface area (Å²) in [5.41, 5.74) is 0.547. The highest BCUT2D eigenvalue weighted by Gasteiger charge is 2.51. The Hall–Kier alpha value is -2.12. The van der Waals surface area contributed by atoms with E-state index in [1.54, 1.807) is 19.2 Å². The lowest BCUT2D eigenvalue weighted by atomic mass is 9.86. The van der Waals surface area contributed by atoms with Gasteiger partial charge in [0.1, 0.15) is 11.3 Å². The summed E-state index contributed by atoms with van der Waals surface area (Å²) in [6.45, 7) is 3.80. The Labute approximate surface area is 141 Å². The number of carbonyl (C=O) groups is 2. The highest BCUT2D eigenvalue weighted by atomic mass is 16.7. The summed E-state index contributed by atoms with van der Waals surface area (Å²) in [7, 11) is 4.52. The standard InChI is InChI=1S/C17H24N2O5/c1-6-17(12-7-8-13(22-3)11(2)9-12)15(20)19(16(21)18-17)10-14(23-4)24-5/h7-9,14H,6,10H2,1-5H3,(H,18,21). The van der Waals surface area contributed by atoms with Crippen LogP contribution in [0.15, 0.2) is 18.2 Å². The predicted molar refractivity (Wildman–Crippen MR) is 87.8 cm³/mol. The monoisotopic (exact) mass is 336 g/mol. The molecule has 3 amide bonds. The SMILES string of the molecule is CCC1(c2ccc(OC)c(C)c2)NC(=O)N(CC(OC)OC)C1=O. The van der Waals surface area contributed by atoms with E-state index in [0.717, 1.165) is 21.8 Å². The van der Waals surface area contributed by atoms with Crippen LogP contribution in [0.25, 0.3) is 0 Å². The molecule has 1 aromatic carbocycles. The van der Waals surface area contributed by atoms with Crippen LogP contribution < -0.4 is 10.1 Å². The molecule has 1 saturated heterocycles. The largest absolute Gasteiger partial charge is 0.496 e. The Morgan fingerprint density at radius 3 is 2.38 bits per heavy atom. The third kappa shape index (κ3) is 2.97. The summed E-state index contributed by atoms with van der Waals surface area (Å²) >= 11 is 0. The topological polar surface area (TPSA) is 77.1 Å². The number of imide groups is 1. The summed E-state index contributed by atoms with van der Waals surface area (Å²) in [6, 6.07) is 5.03. The highest BCUT2D eigenvalue weighted by Crippen LogP contribution is 2.34. The Morgan fingerprint density at radius 2 is 1.88 bits per heavy atom. The summed E-state index contributed by atoms with van der Waals surface area (Å²) in [5, 5.41) is 2.84. The van der Waals surface area contributed by atoms with Gasteiger partial charge in [-0.05, 0) is 36.6 Å². The lowest BCUT2D eigenvalue weighted by molar-refractivity contribution is -0.141. The minimum Gasteiger partial charge on any atom is -0.496 e. The summed E-state index contributed by atoms with van der Waals surface area (Å²) in [4.78, 5) is 26.5. The number of methoxy groups -OCH3 is 3. The number of benzene rings is 1. The van der Waals surface area contributed by atoms with E-state index in [2.05, 4.69) is 5.32 Å². The van der Waals surface area contributed by atoms with Gasteiger partial charge in [0.05, 0.1) is 13.7 Å². The number of amides is 3. The molecule has 1 aliphatic rings. The second-order valence-corrected chi connectivity index (χ2v) is 5.69. The van der Waals surface area contributed by atoms with Crippen molar-refractivity contribution in [3.63, 3.8) is 0 Å². The second kappa shape index (κ2) is 7.19. The van der Waals surface area contributed by atoms with Crippen LogP contribution in [0.2, 0.25) is 0 Å². The Morgan fingerprint density at radius 1 is 1.21 bits per heavy atom. The van der Waals surface area contributed by atoms with Crippen molar-refractivity contribution < 1.29 is 23.8 Å². The summed E-state index contributed by atoms with van der Waals surface area (Å²) in [6.07, 6.45) is -0.227. The molecule has 7 nitrogen and oxygen atoms in total. The number of aryl methyl sites for hydroxylation is 1. The summed E-state index contributed by atoms with van der Waals surface area (Å²) < 4.78 is 15.5. The van der Waals surface area contributed by atoms with Gasteiger partial charge in [-0.3, -0.25) is 9.69 Å². The van der Waals surface area contributed by atoms with Gasteiger partial charge >= 0.3 is 6.03 Å². The average Bonchev–Trinajstić information content (AvgIpc) is 2.83.